The molecule has 0 saturated heterocycles. The Morgan fingerprint density at radius 2 is 1.21 bits per heavy atom. The maximum absolute atomic E-state index is 2.61. The lowest BCUT2D eigenvalue weighted by molar-refractivity contribution is 0.559. The monoisotopic (exact) mass is 445 g/mol. The molecule has 1 heteroatoms. The number of rotatable bonds is 3. The highest BCUT2D eigenvalue weighted by Gasteiger charge is 2.40. The van der Waals surface area contributed by atoms with E-state index in [0.717, 1.165) is 0 Å². The van der Waals surface area contributed by atoms with Gasteiger partial charge in [-0.15, -0.1) is 0 Å². The van der Waals surface area contributed by atoms with Crippen molar-refractivity contribution < 1.29 is 0 Å². The number of aryl methyl sites for hydroxylation is 2. The minimum absolute atomic E-state index is 0.0219. The average molecular weight is 446 g/mol. The Bertz CT molecular complexity index is 1370. The molecule has 0 heterocycles. The van der Waals surface area contributed by atoms with Crippen LogP contribution in [0, 0.1) is 13.8 Å². The van der Waals surface area contributed by atoms with Crippen molar-refractivity contribution in [1.29, 1.82) is 0 Å². The van der Waals surface area contributed by atoms with Crippen LogP contribution in [0.2, 0.25) is 0 Å². The van der Waals surface area contributed by atoms with E-state index < -0.39 is 0 Å². The van der Waals surface area contributed by atoms with Crippen LogP contribution in [-0.4, -0.2) is 5.54 Å². The quantitative estimate of drug-likeness (QED) is 0.304. The molecule has 0 unspecified atom stereocenters. The highest BCUT2D eigenvalue weighted by atomic mass is 15.2. The highest BCUT2D eigenvalue weighted by Crippen LogP contribution is 2.55. The van der Waals surface area contributed by atoms with Crippen molar-refractivity contribution in [2.75, 3.05) is 4.90 Å². The van der Waals surface area contributed by atoms with Gasteiger partial charge in [0.15, 0.2) is 0 Å². The van der Waals surface area contributed by atoms with Gasteiger partial charge in [0.1, 0.15) is 0 Å². The zero-order chi connectivity index (χ0) is 24.3. The lowest BCUT2D eigenvalue weighted by Crippen LogP contribution is -2.39. The molecule has 1 aliphatic carbocycles. The fourth-order valence-electron chi connectivity index (χ4n) is 5.76. The molecule has 0 aromatic heterocycles. The van der Waals surface area contributed by atoms with Crippen LogP contribution in [-0.2, 0) is 5.41 Å². The molecule has 1 aliphatic rings. The van der Waals surface area contributed by atoms with E-state index >= 15 is 0 Å². The molecule has 0 amide bonds. The van der Waals surface area contributed by atoms with E-state index in [0.29, 0.717) is 0 Å². The summed E-state index contributed by atoms with van der Waals surface area (Å²) in [5, 5.41) is 0. The Morgan fingerprint density at radius 1 is 0.588 bits per heavy atom. The van der Waals surface area contributed by atoms with Crippen molar-refractivity contribution in [3.8, 4) is 22.3 Å². The number of para-hydroxylation sites is 1. The maximum atomic E-state index is 2.61. The highest BCUT2D eigenvalue weighted by molar-refractivity contribution is 5.96. The lowest BCUT2D eigenvalue weighted by atomic mass is 9.82. The van der Waals surface area contributed by atoms with Gasteiger partial charge < -0.3 is 4.90 Å². The maximum Gasteiger partial charge on any atom is 0.0528 e. The first-order chi connectivity index (χ1) is 16.1. The summed E-state index contributed by atoms with van der Waals surface area (Å²) in [6.45, 7) is 16.2. The van der Waals surface area contributed by atoms with Crippen molar-refractivity contribution in [1.82, 2.24) is 0 Å². The van der Waals surface area contributed by atoms with Crippen LogP contribution >= 0.6 is 0 Å². The Labute approximate surface area is 205 Å². The minimum atomic E-state index is -0.128. The lowest BCUT2D eigenvalue weighted by Gasteiger charge is -2.42. The summed E-state index contributed by atoms with van der Waals surface area (Å²) < 4.78 is 0. The molecule has 34 heavy (non-hydrogen) atoms. The van der Waals surface area contributed by atoms with Crippen molar-refractivity contribution in [3.05, 3.63) is 107 Å². The molecule has 0 bridgehead atoms. The molecule has 172 valence electrons. The van der Waals surface area contributed by atoms with Gasteiger partial charge in [0.2, 0.25) is 0 Å². The van der Waals surface area contributed by atoms with Crippen LogP contribution in [0.4, 0.5) is 11.4 Å². The number of benzene rings is 4. The molecule has 0 aliphatic heterocycles. The Balaban J connectivity index is 1.88. The summed E-state index contributed by atoms with van der Waals surface area (Å²) >= 11 is 0. The zero-order valence-corrected chi connectivity index (χ0v) is 21.5. The second-order valence-corrected chi connectivity index (χ2v) is 11.2. The van der Waals surface area contributed by atoms with Gasteiger partial charge in [-0.3, -0.25) is 0 Å². The average Bonchev–Trinajstić information content (AvgIpc) is 3.03. The van der Waals surface area contributed by atoms with Gasteiger partial charge in [-0.05, 0) is 68.0 Å². The van der Waals surface area contributed by atoms with Crippen molar-refractivity contribution >= 4 is 11.4 Å². The summed E-state index contributed by atoms with van der Waals surface area (Å²) in [7, 11) is 0. The first-order valence-electron chi connectivity index (χ1n) is 12.3. The second-order valence-electron chi connectivity index (χ2n) is 11.2. The van der Waals surface area contributed by atoms with E-state index in [-0.39, 0.29) is 11.0 Å². The molecule has 0 atom stereocenters. The summed E-state index contributed by atoms with van der Waals surface area (Å²) in [6, 6.07) is 31.1. The number of anilines is 2. The van der Waals surface area contributed by atoms with Gasteiger partial charge in [-0.2, -0.15) is 0 Å². The SMILES string of the molecule is Cc1cccc(-c2ccccc2)c1N(c1c(C)ccc2c1-c1ccccc1C2(C)C)C(C)(C)C. The molecule has 0 spiro atoms. The first-order valence-corrected chi connectivity index (χ1v) is 12.3. The third-order valence-electron chi connectivity index (χ3n) is 7.36. The van der Waals surface area contributed by atoms with Crippen LogP contribution in [0.1, 0.15) is 56.9 Å². The van der Waals surface area contributed by atoms with E-state index in [4.69, 9.17) is 0 Å². The second kappa shape index (κ2) is 7.87. The van der Waals surface area contributed by atoms with Crippen molar-refractivity contribution in [2.24, 2.45) is 0 Å². The van der Waals surface area contributed by atoms with Crippen LogP contribution in [0.3, 0.4) is 0 Å². The van der Waals surface area contributed by atoms with Gasteiger partial charge in [-0.25, -0.2) is 0 Å². The molecular formula is C33H35N. The largest absolute Gasteiger partial charge is 0.335 e. The Morgan fingerprint density at radius 3 is 1.91 bits per heavy atom. The van der Waals surface area contributed by atoms with E-state index in [1.807, 2.05) is 0 Å². The topological polar surface area (TPSA) is 3.24 Å². The number of nitrogens with zero attached hydrogens (tertiary/aromatic N) is 1. The molecule has 4 aromatic rings. The minimum Gasteiger partial charge on any atom is -0.335 e. The van der Waals surface area contributed by atoms with E-state index in [2.05, 4.69) is 138 Å². The number of fused-ring (bicyclic) bond motifs is 3. The molecule has 4 aromatic carbocycles. The Kier molecular flexibility index (Phi) is 5.20. The first kappa shape index (κ1) is 22.5. The van der Waals surface area contributed by atoms with Gasteiger partial charge in [0.05, 0.1) is 11.4 Å². The van der Waals surface area contributed by atoms with E-state index in [1.165, 1.54) is 55.9 Å². The van der Waals surface area contributed by atoms with E-state index in [1.54, 1.807) is 0 Å². The molecule has 0 N–H and O–H groups in total. The van der Waals surface area contributed by atoms with Crippen LogP contribution in [0.25, 0.3) is 22.3 Å². The predicted octanol–water partition coefficient (Wildman–Crippen LogP) is 9.21. The Hall–Kier alpha value is -3.32. The molecular weight excluding hydrogens is 410 g/mol. The number of hydrogen-bond donors (Lipinski definition) is 0. The normalized spacial score (nSPS) is 14.0. The third kappa shape index (κ3) is 3.38. The fraction of sp³-hybridized carbons (Fsp3) is 0.273. The van der Waals surface area contributed by atoms with Crippen LogP contribution in [0.5, 0.6) is 0 Å². The molecule has 0 saturated carbocycles. The predicted molar refractivity (Wildman–Crippen MR) is 147 cm³/mol. The molecule has 0 radical (unpaired) electrons. The third-order valence-corrected chi connectivity index (χ3v) is 7.36. The smallest absolute Gasteiger partial charge is 0.0528 e. The summed E-state index contributed by atoms with van der Waals surface area (Å²) in [5.41, 5.74) is 13.2. The molecule has 5 rings (SSSR count). The van der Waals surface area contributed by atoms with Gasteiger partial charge in [0, 0.05) is 22.1 Å². The molecule has 0 fully saturated rings. The van der Waals surface area contributed by atoms with Gasteiger partial charge in [0.25, 0.3) is 0 Å². The zero-order valence-electron chi connectivity index (χ0n) is 21.5. The summed E-state index contributed by atoms with van der Waals surface area (Å²) in [4.78, 5) is 2.61. The van der Waals surface area contributed by atoms with Gasteiger partial charge >= 0.3 is 0 Å². The summed E-state index contributed by atoms with van der Waals surface area (Å²) in [5.74, 6) is 0. The summed E-state index contributed by atoms with van der Waals surface area (Å²) in [6.07, 6.45) is 0. The number of hydrogen-bond acceptors (Lipinski definition) is 1. The molecule has 1 nitrogen and oxygen atoms in total. The fourth-order valence-corrected chi connectivity index (χ4v) is 5.76. The van der Waals surface area contributed by atoms with Crippen molar-refractivity contribution in [2.45, 2.75) is 59.4 Å². The van der Waals surface area contributed by atoms with Crippen LogP contribution in [0.15, 0.2) is 84.9 Å². The van der Waals surface area contributed by atoms with Crippen LogP contribution < -0.4 is 4.90 Å². The standard InChI is InChI=1S/C33H35N/c1-22-14-13-18-25(24-15-9-8-10-16-24)30(22)34(32(3,4)5)31-23(2)20-21-28-29(31)26-17-11-12-19-27(26)33(28,6)7/h8-21H,1-7H3. The van der Waals surface area contributed by atoms with E-state index in [9.17, 15) is 0 Å². The van der Waals surface area contributed by atoms with Gasteiger partial charge in [-0.1, -0.05) is 98.8 Å². The van der Waals surface area contributed by atoms with Crippen molar-refractivity contribution in [3.63, 3.8) is 0 Å².